The maximum Gasteiger partial charge on any atom is 0.339 e. The summed E-state index contributed by atoms with van der Waals surface area (Å²) >= 11 is 0. The van der Waals surface area contributed by atoms with Gasteiger partial charge in [0.15, 0.2) is 6.29 Å². The van der Waals surface area contributed by atoms with Gasteiger partial charge in [0.1, 0.15) is 11.9 Å². The molecular weight excluding hydrogens is 468 g/mol. The van der Waals surface area contributed by atoms with Crippen molar-refractivity contribution < 1.29 is 24.5 Å². The molecule has 0 bridgehead atoms. The third-order valence-corrected chi connectivity index (χ3v) is 8.85. The molecule has 7 nitrogen and oxygen atoms in total. The Bertz CT molecular complexity index is 960. The van der Waals surface area contributed by atoms with E-state index in [1.165, 1.54) is 0 Å². The Kier molecular flexibility index (Phi) is 8.27. The number of ether oxygens (including phenoxy) is 2. The quantitative estimate of drug-likeness (QED) is 0.314. The topological polar surface area (TPSA) is 82.5 Å². The maximum atomic E-state index is 13.6. The Morgan fingerprint density at radius 1 is 0.838 bits per heavy atom. The summed E-state index contributed by atoms with van der Waals surface area (Å²) in [5.74, 6) is -0.446. The Morgan fingerprint density at radius 3 is 1.68 bits per heavy atom. The van der Waals surface area contributed by atoms with Crippen LogP contribution in [0.3, 0.4) is 0 Å². The minimum Gasteiger partial charge on any atom is -0.508 e. The van der Waals surface area contributed by atoms with E-state index in [0.29, 0.717) is 18.4 Å². The summed E-state index contributed by atoms with van der Waals surface area (Å²) in [6.45, 7) is 17.3. The summed E-state index contributed by atoms with van der Waals surface area (Å²) in [6, 6.07) is 6.48. The van der Waals surface area contributed by atoms with Crippen molar-refractivity contribution in [3.05, 3.63) is 35.4 Å². The summed E-state index contributed by atoms with van der Waals surface area (Å²) in [7, 11) is 4.22. The molecule has 2 N–H and O–H groups in total. The average molecular weight is 517 g/mol. The summed E-state index contributed by atoms with van der Waals surface area (Å²) in [5.41, 5.74) is 0.189. The van der Waals surface area contributed by atoms with Crippen molar-refractivity contribution in [2.75, 3.05) is 14.1 Å². The molecule has 0 aromatic heterocycles. The van der Waals surface area contributed by atoms with Gasteiger partial charge in [-0.05, 0) is 106 Å². The van der Waals surface area contributed by atoms with Crippen LogP contribution in [-0.4, -0.2) is 80.7 Å². The number of rotatable bonds is 6. The first-order valence-electron chi connectivity index (χ1n) is 13.4. The number of phenols is 1. The van der Waals surface area contributed by atoms with E-state index < -0.39 is 12.3 Å². The van der Waals surface area contributed by atoms with Crippen LogP contribution in [0.5, 0.6) is 5.75 Å². The second-order valence-corrected chi connectivity index (χ2v) is 13.5. The fraction of sp³-hybridized carbons (Fsp3) is 0.700. The molecule has 2 heterocycles. The third kappa shape index (κ3) is 6.75. The van der Waals surface area contributed by atoms with Gasteiger partial charge in [-0.1, -0.05) is 12.1 Å². The molecule has 0 saturated carbocycles. The van der Waals surface area contributed by atoms with E-state index >= 15 is 0 Å². The molecule has 1 unspecified atom stereocenters. The minimum absolute atomic E-state index is 0.0646. The van der Waals surface area contributed by atoms with Crippen LogP contribution in [0.2, 0.25) is 0 Å². The second kappa shape index (κ2) is 10.3. The molecule has 0 spiro atoms. The van der Waals surface area contributed by atoms with Crippen LogP contribution in [0.15, 0.2) is 29.8 Å². The van der Waals surface area contributed by atoms with Crippen LogP contribution in [0, 0.1) is 0 Å². The lowest BCUT2D eigenvalue weighted by molar-refractivity contribution is -0.174. The zero-order valence-corrected chi connectivity index (χ0v) is 24.5. The van der Waals surface area contributed by atoms with Crippen molar-refractivity contribution in [3.8, 4) is 5.75 Å². The van der Waals surface area contributed by atoms with E-state index in [2.05, 4.69) is 79.3 Å². The largest absolute Gasteiger partial charge is 0.508 e. The van der Waals surface area contributed by atoms with Crippen LogP contribution in [-0.2, 0) is 14.3 Å². The molecule has 2 fully saturated rings. The van der Waals surface area contributed by atoms with Gasteiger partial charge in [-0.25, -0.2) is 4.79 Å². The molecule has 1 aromatic carbocycles. The number of piperidine rings is 2. The standard InChI is InChI=1S/C30H48N2O5/c1-27(2)16-22(17-28(3,4)31(27)9)36-25(34)24(15-20-11-13-21(33)14-12-20)26(35)37-23-18-29(5,6)32(10)30(7,8)19-23/h11-15,22-23,25,33-34H,16-19H2,1-10H3/b24-15-. The number of hydrogen-bond acceptors (Lipinski definition) is 7. The Hall–Kier alpha value is -1.93. The fourth-order valence-electron chi connectivity index (χ4n) is 6.20. The first kappa shape index (κ1) is 29.6. The molecular formula is C30H48N2O5. The average Bonchev–Trinajstić information content (AvgIpc) is 2.74. The van der Waals surface area contributed by atoms with Gasteiger partial charge in [-0.3, -0.25) is 9.80 Å². The zero-order chi connectivity index (χ0) is 28.0. The molecule has 0 amide bonds. The number of nitrogens with zero attached hydrogens (tertiary/aromatic N) is 2. The molecule has 2 saturated heterocycles. The molecule has 37 heavy (non-hydrogen) atoms. The first-order chi connectivity index (χ1) is 16.8. The number of hydrogen-bond donors (Lipinski definition) is 2. The van der Waals surface area contributed by atoms with Crippen molar-refractivity contribution >= 4 is 12.0 Å². The SMILES string of the molecule is CN1C(C)(C)CC(OC(=O)/C(=C\c2ccc(O)cc2)C(O)OC2CC(C)(C)N(C)C(C)(C)C2)CC1(C)C. The fourth-order valence-corrected chi connectivity index (χ4v) is 6.20. The highest BCUT2D eigenvalue weighted by Crippen LogP contribution is 2.40. The van der Waals surface area contributed by atoms with Gasteiger partial charge in [0, 0.05) is 35.0 Å². The van der Waals surface area contributed by atoms with Crippen molar-refractivity contribution in [2.24, 2.45) is 0 Å². The number of aliphatic hydroxyl groups is 1. The summed E-state index contributed by atoms with van der Waals surface area (Å²) in [5, 5.41) is 21.0. The number of aromatic hydroxyl groups is 1. The summed E-state index contributed by atoms with van der Waals surface area (Å²) in [6.07, 6.45) is 2.49. The van der Waals surface area contributed by atoms with Crippen LogP contribution in [0.4, 0.5) is 0 Å². The highest BCUT2D eigenvalue weighted by atomic mass is 16.6. The maximum absolute atomic E-state index is 13.6. The monoisotopic (exact) mass is 516 g/mol. The molecule has 7 heteroatoms. The van der Waals surface area contributed by atoms with Crippen LogP contribution in [0.1, 0.15) is 86.6 Å². The molecule has 2 aliphatic heterocycles. The zero-order valence-electron chi connectivity index (χ0n) is 24.5. The van der Waals surface area contributed by atoms with Crippen LogP contribution >= 0.6 is 0 Å². The predicted molar refractivity (Wildman–Crippen MR) is 147 cm³/mol. The Morgan fingerprint density at radius 2 is 1.24 bits per heavy atom. The number of likely N-dealkylation sites (tertiary alicyclic amines) is 2. The number of carbonyl (C=O) groups is 1. The van der Waals surface area contributed by atoms with Crippen molar-refractivity contribution in [3.63, 3.8) is 0 Å². The van der Waals surface area contributed by atoms with Gasteiger partial charge >= 0.3 is 5.97 Å². The van der Waals surface area contributed by atoms with Crippen molar-refractivity contribution in [1.82, 2.24) is 9.80 Å². The van der Waals surface area contributed by atoms with Gasteiger partial charge in [0.05, 0.1) is 11.7 Å². The first-order valence-corrected chi connectivity index (χ1v) is 13.4. The number of phenolic OH excluding ortho intramolecular Hbond substituents is 1. The van der Waals surface area contributed by atoms with Crippen LogP contribution < -0.4 is 0 Å². The van der Waals surface area contributed by atoms with Gasteiger partial charge in [-0.2, -0.15) is 0 Å². The lowest BCUT2D eigenvalue weighted by Gasteiger charge is -2.53. The van der Waals surface area contributed by atoms with Gasteiger partial charge < -0.3 is 19.7 Å². The van der Waals surface area contributed by atoms with E-state index in [4.69, 9.17) is 9.47 Å². The lowest BCUT2D eigenvalue weighted by Crippen LogP contribution is -2.60. The summed E-state index contributed by atoms with van der Waals surface area (Å²) < 4.78 is 12.2. The minimum atomic E-state index is -1.44. The van der Waals surface area contributed by atoms with Crippen LogP contribution in [0.25, 0.3) is 6.08 Å². The second-order valence-electron chi connectivity index (χ2n) is 13.5. The Balaban J connectivity index is 1.86. The molecule has 208 valence electrons. The van der Waals surface area contributed by atoms with E-state index in [9.17, 15) is 15.0 Å². The van der Waals surface area contributed by atoms with E-state index in [1.807, 2.05) is 0 Å². The number of carbonyl (C=O) groups excluding carboxylic acids is 1. The van der Waals surface area contributed by atoms with E-state index in [1.54, 1.807) is 30.3 Å². The van der Waals surface area contributed by atoms with Gasteiger partial charge in [-0.15, -0.1) is 0 Å². The normalized spacial score (nSPS) is 25.5. The molecule has 0 radical (unpaired) electrons. The number of aliphatic hydroxyl groups excluding tert-OH is 1. The van der Waals surface area contributed by atoms with Gasteiger partial charge in [0.2, 0.25) is 0 Å². The molecule has 1 atom stereocenters. The molecule has 3 rings (SSSR count). The molecule has 0 aliphatic carbocycles. The van der Waals surface area contributed by atoms with E-state index in [-0.39, 0.29) is 45.7 Å². The lowest BCUT2D eigenvalue weighted by atomic mass is 9.78. The Labute approximate surface area is 223 Å². The van der Waals surface area contributed by atoms with Crippen molar-refractivity contribution in [2.45, 2.75) is 122 Å². The molecule has 1 aromatic rings. The highest BCUT2D eigenvalue weighted by Gasteiger charge is 2.46. The molecule has 2 aliphatic rings. The number of esters is 1. The van der Waals surface area contributed by atoms with Crippen molar-refractivity contribution in [1.29, 1.82) is 0 Å². The third-order valence-electron chi connectivity index (χ3n) is 8.85. The van der Waals surface area contributed by atoms with Gasteiger partial charge in [0.25, 0.3) is 0 Å². The summed E-state index contributed by atoms with van der Waals surface area (Å²) in [4.78, 5) is 18.3. The number of benzene rings is 1. The predicted octanol–water partition coefficient (Wildman–Crippen LogP) is 4.96. The smallest absolute Gasteiger partial charge is 0.339 e. The highest BCUT2D eigenvalue weighted by molar-refractivity contribution is 5.94. The van der Waals surface area contributed by atoms with E-state index in [0.717, 1.165) is 12.8 Å².